The standard InChI is InChI=1S/C25H21Br/c1-25(2)23(24(25)20-13-15-21(26)16-14-20)17-22(18-9-5-3-6-10-18)19-11-7-4-8-12-19/h3-16,24H,1-2H3. The molecule has 0 heterocycles. The van der Waals surface area contributed by atoms with Crippen LogP contribution in [0.3, 0.4) is 0 Å². The highest BCUT2D eigenvalue weighted by Crippen LogP contribution is 2.63. The molecule has 1 unspecified atom stereocenters. The van der Waals surface area contributed by atoms with E-state index in [0.717, 1.165) is 4.47 Å². The molecule has 0 bridgehead atoms. The number of halogens is 1. The van der Waals surface area contributed by atoms with Gasteiger partial charge in [0.15, 0.2) is 0 Å². The zero-order chi connectivity index (χ0) is 18.1. The second-order valence-corrected chi connectivity index (χ2v) is 8.27. The van der Waals surface area contributed by atoms with Gasteiger partial charge in [-0.2, -0.15) is 0 Å². The van der Waals surface area contributed by atoms with Crippen LogP contribution in [0.4, 0.5) is 0 Å². The first-order valence-corrected chi connectivity index (χ1v) is 9.74. The summed E-state index contributed by atoms with van der Waals surface area (Å²) in [5, 5.41) is 0. The minimum absolute atomic E-state index is 0.142. The fourth-order valence-electron chi connectivity index (χ4n) is 3.67. The molecule has 1 aliphatic rings. The Labute approximate surface area is 164 Å². The molecule has 1 fully saturated rings. The average Bonchev–Trinajstić information content (AvgIpc) is 3.22. The van der Waals surface area contributed by atoms with Crippen molar-refractivity contribution in [3.05, 3.63) is 117 Å². The normalized spacial score (nSPS) is 17.5. The molecule has 0 radical (unpaired) electrons. The number of allylic oxidation sites excluding steroid dienone is 1. The van der Waals surface area contributed by atoms with E-state index in [9.17, 15) is 0 Å². The Hall–Kier alpha value is -2.34. The molecule has 0 saturated heterocycles. The number of hydrogen-bond donors (Lipinski definition) is 0. The number of rotatable bonds is 3. The highest BCUT2D eigenvalue weighted by atomic mass is 79.9. The van der Waals surface area contributed by atoms with Crippen molar-refractivity contribution in [1.29, 1.82) is 0 Å². The molecule has 1 aliphatic carbocycles. The molecule has 0 nitrogen and oxygen atoms in total. The van der Waals surface area contributed by atoms with E-state index in [0.29, 0.717) is 5.92 Å². The Kier molecular flexibility index (Phi) is 4.44. The molecule has 0 spiro atoms. The molecule has 128 valence electrons. The summed E-state index contributed by atoms with van der Waals surface area (Å²) in [6.45, 7) is 4.63. The van der Waals surface area contributed by atoms with Crippen LogP contribution in [0.2, 0.25) is 0 Å². The van der Waals surface area contributed by atoms with Crippen LogP contribution >= 0.6 is 15.9 Å². The third kappa shape index (κ3) is 3.21. The fraction of sp³-hybridized carbons (Fsp3) is 0.160. The zero-order valence-electron chi connectivity index (χ0n) is 15.0. The predicted octanol–water partition coefficient (Wildman–Crippen LogP) is 7.23. The van der Waals surface area contributed by atoms with E-state index < -0.39 is 0 Å². The van der Waals surface area contributed by atoms with Crippen molar-refractivity contribution in [3.63, 3.8) is 0 Å². The lowest BCUT2D eigenvalue weighted by Crippen LogP contribution is -1.89. The highest BCUT2D eigenvalue weighted by Gasteiger charge is 2.53. The maximum atomic E-state index is 3.80. The molecular weight excluding hydrogens is 380 g/mol. The van der Waals surface area contributed by atoms with E-state index in [1.54, 1.807) is 0 Å². The lowest BCUT2D eigenvalue weighted by atomic mass is 9.98. The van der Waals surface area contributed by atoms with E-state index in [1.165, 1.54) is 27.8 Å². The van der Waals surface area contributed by atoms with Crippen LogP contribution in [0.25, 0.3) is 5.57 Å². The van der Waals surface area contributed by atoms with Gasteiger partial charge in [0.1, 0.15) is 0 Å². The van der Waals surface area contributed by atoms with Gasteiger partial charge in [-0.05, 0) is 34.4 Å². The molecule has 0 N–H and O–H groups in total. The van der Waals surface area contributed by atoms with Crippen LogP contribution in [-0.2, 0) is 0 Å². The van der Waals surface area contributed by atoms with Crippen molar-refractivity contribution >= 4 is 21.5 Å². The van der Waals surface area contributed by atoms with Crippen molar-refractivity contribution in [2.24, 2.45) is 5.41 Å². The van der Waals surface area contributed by atoms with E-state index in [-0.39, 0.29) is 5.41 Å². The lowest BCUT2D eigenvalue weighted by Gasteiger charge is -2.05. The Balaban J connectivity index is 1.87. The molecule has 0 aromatic heterocycles. The molecular formula is C25H21Br. The van der Waals surface area contributed by atoms with Crippen LogP contribution in [0.1, 0.15) is 36.5 Å². The first kappa shape index (κ1) is 17.1. The Bertz CT molecular complexity index is 932. The summed E-state index contributed by atoms with van der Waals surface area (Å²) in [6, 6.07) is 29.8. The minimum atomic E-state index is 0.142. The molecule has 0 aliphatic heterocycles. The molecule has 0 amide bonds. The largest absolute Gasteiger partial charge is 0.111 e. The third-order valence-electron chi connectivity index (χ3n) is 5.21. The average molecular weight is 401 g/mol. The summed E-state index contributed by atoms with van der Waals surface area (Å²) in [7, 11) is 0. The Morgan fingerprint density at radius 2 is 1.27 bits per heavy atom. The number of hydrogen-bond acceptors (Lipinski definition) is 0. The smallest absolute Gasteiger partial charge is 0.0309 e. The van der Waals surface area contributed by atoms with Gasteiger partial charge in [0.25, 0.3) is 0 Å². The molecule has 1 saturated carbocycles. The van der Waals surface area contributed by atoms with Gasteiger partial charge in [0.2, 0.25) is 0 Å². The maximum absolute atomic E-state index is 3.80. The highest BCUT2D eigenvalue weighted by molar-refractivity contribution is 9.10. The van der Waals surface area contributed by atoms with Gasteiger partial charge >= 0.3 is 0 Å². The van der Waals surface area contributed by atoms with Crippen molar-refractivity contribution in [2.75, 3.05) is 0 Å². The quantitative estimate of drug-likeness (QED) is 0.406. The number of benzene rings is 3. The second-order valence-electron chi connectivity index (χ2n) is 7.35. The monoisotopic (exact) mass is 400 g/mol. The lowest BCUT2D eigenvalue weighted by molar-refractivity contribution is 0.642. The molecule has 1 atom stereocenters. The third-order valence-corrected chi connectivity index (χ3v) is 5.74. The summed E-state index contributed by atoms with van der Waals surface area (Å²) < 4.78 is 1.12. The summed E-state index contributed by atoms with van der Waals surface area (Å²) in [6.07, 6.45) is 0. The first-order valence-electron chi connectivity index (χ1n) is 8.95. The van der Waals surface area contributed by atoms with Crippen molar-refractivity contribution in [1.82, 2.24) is 0 Å². The SMILES string of the molecule is CC1(C)C(=C=C(c2ccccc2)c2ccccc2)C1c1ccc(Br)cc1. The molecule has 26 heavy (non-hydrogen) atoms. The van der Waals surface area contributed by atoms with Crippen molar-refractivity contribution in [2.45, 2.75) is 19.8 Å². The molecule has 3 aromatic rings. The summed E-state index contributed by atoms with van der Waals surface area (Å²) in [4.78, 5) is 0. The molecule has 3 aromatic carbocycles. The minimum Gasteiger partial charge on any atom is -0.111 e. The van der Waals surface area contributed by atoms with Gasteiger partial charge in [0.05, 0.1) is 0 Å². The maximum Gasteiger partial charge on any atom is 0.0309 e. The topological polar surface area (TPSA) is 0 Å². The molecule has 1 heteroatoms. The van der Waals surface area contributed by atoms with E-state index in [1.807, 2.05) is 0 Å². The second kappa shape index (κ2) is 6.76. The van der Waals surface area contributed by atoms with E-state index in [2.05, 4.69) is 120 Å². The van der Waals surface area contributed by atoms with E-state index >= 15 is 0 Å². The van der Waals surface area contributed by atoms with Crippen LogP contribution in [0, 0.1) is 5.41 Å². The Morgan fingerprint density at radius 3 is 1.77 bits per heavy atom. The van der Waals surface area contributed by atoms with Gasteiger partial charge < -0.3 is 0 Å². The zero-order valence-corrected chi connectivity index (χ0v) is 16.6. The van der Waals surface area contributed by atoms with Crippen molar-refractivity contribution in [3.8, 4) is 0 Å². The van der Waals surface area contributed by atoms with Gasteiger partial charge in [-0.3, -0.25) is 0 Å². The summed E-state index contributed by atoms with van der Waals surface area (Å²) in [5.74, 6) is 0.429. The van der Waals surface area contributed by atoms with Crippen LogP contribution in [-0.4, -0.2) is 0 Å². The van der Waals surface area contributed by atoms with Gasteiger partial charge in [-0.1, -0.05) is 103 Å². The van der Waals surface area contributed by atoms with Gasteiger partial charge in [-0.25, -0.2) is 0 Å². The van der Waals surface area contributed by atoms with Crippen LogP contribution in [0.5, 0.6) is 0 Å². The fourth-order valence-corrected chi connectivity index (χ4v) is 3.94. The first-order chi connectivity index (χ1) is 12.6. The van der Waals surface area contributed by atoms with Crippen LogP contribution < -0.4 is 0 Å². The van der Waals surface area contributed by atoms with Crippen LogP contribution in [0.15, 0.2) is 101 Å². The predicted molar refractivity (Wildman–Crippen MR) is 113 cm³/mol. The molecule has 4 rings (SSSR count). The van der Waals surface area contributed by atoms with Gasteiger partial charge in [0, 0.05) is 21.4 Å². The van der Waals surface area contributed by atoms with Gasteiger partial charge in [-0.15, -0.1) is 5.73 Å². The summed E-state index contributed by atoms with van der Waals surface area (Å²) in [5.41, 5.74) is 10.3. The Morgan fingerprint density at radius 1 is 0.769 bits per heavy atom. The van der Waals surface area contributed by atoms with Crippen molar-refractivity contribution < 1.29 is 0 Å². The van der Waals surface area contributed by atoms with E-state index in [4.69, 9.17) is 0 Å². The summed E-state index contributed by atoms with van der Waals surface area (Å²) >= 11 is 3.53.